The molecule has 0 bridgehead atoms. The van der Waals surface area contributed by atoms with Gasteiger partial charge in [0.15, 0.2) is 0 Å². The summed E-state index contributed by atoms with van der Waals surface area (Å²) in [5, 5.41) is 10.1. The summed E-state index contributed by atoms with van der Waals surface area (Å²) in [7, 11) is 0. The van der Waals surface area contributed by atoms with Crippen LogP contribution < -0.4 is 0 Å². The number of nitrogens with zero attached hydrogens (tertiary/aromatic N) is 1. The molecule has 0 radical (unpaired) electrons. The number of piperidine rings is 1. The molecule has 1 aliphatic heterocycles. The number of alkyl halides is 3. The molecule has 0 spiro atoms. The Hall–Kier alpha value is -1.56. The van der Waals surface area contributed by atoms with Crippen molar-refractivity contribution in [2.75, 3.05) is 13.1 Å². The van der Waals surface area contributed by atoms with Gasteiger partial charge in [0.2, 0.25) is 0 Å². The van der Waals surface area contributed by atoms with E-state index in [-0.39, 0.29) is 17.7 Å². The maximum absolute atomic E-state index is 12.7. The highest BCUT2D eigenvalue weighted by molar-refractivity contribution is 5.81. The van der Waals surface area contributed by atoms with Gasteiger partial charge in [0, 0.05) is 19.5 Å². The third-order valence-electron chi connectivity index (χ3n) is 5.40. The van der Waals surface area contributed by atoms with Crippen molar-refractivity contribution in [1.29, 1.82) is 0 Å². The van der Waals surface area contributed by atoms with Crippen LogP contribution in [0, 0.1) is 17.3 Å². The number of hydrogen-bond donors (Lipinski definition) is 1. The van der Waals surface area contributed by atoms with E-state index in [1.807, 2.05) is 0 Å². The second-order valence-corrected chi connectivity index (χ2v) is 7.20. The molecule has 126 valence electrons. The molecule has 1 aromatic carbocycles. The van der Waals surface area contributed by atoms with Crippen LogP contribution >= 0.6 is 0 Å². The van der Waals surface area contributed by atoms with Crippen LogP contribution in [0.2, 0.25) is 0 Å². The number of amides is 1. The molecular weight excluding hydrogens is 307 g/mol. The van der Waals surface area contributed by atoms with Crippen molar-refractivity contribution in [3.63, 3.8) is 0 Å². The first-order chi connectivity index (χ1) is 10.6. The fraction of sp³-hybridized carbons (Fsp3) is 0.588. The number of halogens is 3. The van der Waals surface area contributed by atoms with Gasteiger partial charge in [0.25, 0.3) is 5.91 Å². The number of aliphatic hydroxyl groups is 1. The summed E-state index contributed by atoms with van der Waals surface area (Å²) in [6, 6.07) is 4.76. The molecular formula is C17H20F3NO2. The fourth-order valence-corrected chi connectivity index (χ4v) is 3.71. The van der Waals surface area contributed by atoms with Crippen LogP contribution in [0.5, 0.6) is 0 Å². The van der Waals surface area contributed by atoms with E-state index in [9.17, 15) is 23.1 Å². The Morgan fingerprint density at radius 1 is 1.35 bits per heavy atom. The molecule has 1 aromatic rings. The van der Waals surface area contributed by atoms with Crippen LogP contribution in [0.1, 0.15) is 25.0 Å². The fourth-order valence-electron chi connectivity index (χ4n) is 3.71. The molecule has 1 aliphatic carbocycles. The highest BCUT2D eigenvalue weighted by atomic mass is 19.4. The summed E-state index contributed by atoms with van der Waals surface area (Å²) >= 11 is 0. The van der Waals surface area contributed by atoms with Crippen molar-refractivity contribution < 1.29 is 23.1 Å². The third kappa shape index (κ3) is 2.96. The van der Waals surface area contributed by atoms with E-state index < -0.39 is 17.8 Å². The molecule has 3 atom stereocenters. The number of benzene rings is 1. The number of aliphatic hydroxyl groups excluding tert-OH is 1. The zero-order valence-electron chi connectivity index (χ0n) is 13.1. The first-order valence-corrected chi connectivity index (χ1v) is 7.73. The lowest BCUT2D eigenvalue weighted by Crippen LogP contribution is -2.41. The Labute approximate surface area is 133 Å². The zero-order valence-corrected chi connectivity index (χ0v) is 13.1. The lowest BCUT2D eigenvalue weighted by atomic mass is 10.0. The maximum atomic E-state index is 12.7. The molecule has 1 saturated carbocycles. The number of carbonyl (C=O) groups excluding carboxylic acids is 1. The Morgan fingerprint density at radius 3 is 2.52 bits per heavy atom. The van der Waals surface area contributed by atoms with Gasteiger partial charge in [-0.15, -0.1) is 0 Å². The van der Waals surface area contributed by atoms with E-state index >= 15 is 0 Å². The van der Waals surface area contributed by atoms with Gasteiger partial charge < -0.3 is 10.0 Å². The molecule has 0 unspecified atom stereocenters. The molecule has 1 heterocycles. The molecule has 1 saturated heterocycles. The minimum atomic E-state index is -4.42. The summed E-state index contributed by atoms with van der Waals surface area (Å²) < 4.78 is 38.1. The average molecular weight is 327 g/mol. The smallest absolute Gasteiger partial charge is 0.383 e. The van der Waals surface area contributed by atoms with Gasteiger partial charge in [0.1, 0.15) is 6.10 Å². The van der Waals surface area contributed by atoms with Crippen LogP contribution in [-0.4, -0.2) is 35.1 Å². The SMILES string of the molecule is CC1(C)[C@@H]2CN(C(=O)[C@@H](O)Cc3cccc(C(F)(F)F)c3)C[C@@H]21. The number of fused-ring (bicyclic) bond motifs is 1. The molecule has 23 heavy (non-hydrogen) atoms. The number of rotatable bonds is 3. The molecule has 2 fully saturated rings. The highest BCUT2D eigenvalue weighted by Gasteiger charge is 2.62. The van der Waals surface area contributed by atoms with Crippen molar-refractivity contribution in [2.45, 2.75) is 32.5 Å². The van der Waals surface area contributed by atoms with Crippen molar-refractivity contribution in [3.05, 3.63) is 35.4 Å². The average Bonchev–Trinajstić information content (AvgIpc) is 2.84. The molecule has 0 aromatic heterocycles. The van der Waals surface area contributed by atoms with Crippen LogP contribution in [0.25, 0.3) is 0 Å². The predicted octanol–water partition coefficient (Wildman–Crippen LogP) is 2.72. The van der Waals surface area contributed by atoms with Crippen LogP contribution in [0.15, 0.2) is 24.3 Å². The minimum Gasteiger partial charge on any atom is -0.383 e. The van der Waals surface area contributed by atoms with E-state index in [2.05, 4.69) is 13.8 Å². The second-order valence-electron chi connectivity index (χ2n) is 7.20. The van der Waals surface area contributed by atoms with E-state index in [4.69, 9.17) is 0 Å². The molecule has 2 aliphatic rings. The van der Waals surface area contributed by atoms with E-state index in [0.29, 0.717) is 30.5 Å². The zero-order chi connectivity index (χ0) is 17.0. The molecule has 3 rings (SSSR count). The van der Waals surface area contributed by atoms with E-state index in [0.717, 1.165) is 12.1 Å². The van der Waals surface area contributed by atoms with E-state index in [1.54, 1.807) is 4.90 Å². The van der Waals surface area contributed by atoms with Gasteiger partial charge in [-0.25, -0.2) is 0 Å². The normalized spacial score (nSPS) is 26.8. The van der Waals surface area contributed by atoms with Gasteiger partial charge in [-0.1, -0.05) is 32.0 Å². The summed E-state index contributed by atoms with van der Waals surface area (Å²) in [5.41, 5.74) is -0.188. The summed E-state index contributed by atoms with van der Waals surface area (Å²) in [6.07, 6.45) is -5.82. The standard InChI is InChI=1S/C17H20F3NO2/c1-16(2)12-8-21(9-13(12)16)15(23)14(22)7-10-4-3-5-11(6-10)17(18,19)20/h3-6,12-14,22H,7-9H2,1-2H3/t12-,13+,14-/m0/s1. The Morgan fingerprint density at radius 2 is 1.96 bits per heavy atom. The quantitative estimate of drug-likeness (QED) is 0.927. The Balaban J connectivity index is 1.61. The van der Waals surface area contributed by atoms with Crippen LogP contribution in [0.4, 0.5) is 13.2 Å². The monoisotopic (exact) mass is 327 g/mol. The Kier molecular flexibility index (Phi) is 3.71. The highest BCUT2D eigenvalue weighted by Crippen LogP contribution is 2.61. The lowest BCUT2D eigenvalue weighted by Gasteiger charge is -2.24. The molecule has 6 heteroatoms. The first-order valence-electron chi connectivity index (χ1n) is 7.73. The van der Waals surface area contributed by atoms with Crippen molar-refractivity contribution >= 4 is 5.91 Å². The first kappa shape index (κ1) is 16.3. The van der Waals surface area contributed by atoms with Crippen molar-refractivity contribution in [2.24, 2.45) is 17.3 Å². The van der Waals surface area contributed by atoms with Crippen molar-refractivity contribution in [1.82, 2.24) is 4.90 Å². The largest absolute Gasteiger partial charge is 0.416 e. The van der Waals surface area contributed by atoms with Gasteiger partial charge in [-0.3, -0.25) is 4.79 Å². The minimum absolute atomic E-state index is 0.0992. The van der Waals surface area contributed by atoms with Gasteiger partial charge in [0.05, 0.1) is 5.56 Å². The molecule has 1 amide bonds. The van der Waals surface area contributed by atoms with Crippen LogP contribution in [-0.2, 0) is 17.4 Å². The van der Waals surface area contributed by atoms with Gasteiger partial charge >= 0.3 is 6.18 Å². The number of carbonyl (C=O) groups is 1. The van der Waals surface area contributed by atoms with Crippen LogP contribution in [0.3, 0.4) is 0 Å². The maximum Gasteiger partial charge on any atom is 0.416 e. The summed E-state index contributed by atoms with van der Waals surface area (Å²) in [5.74, 6) is 0.574. The number of likely N-dealkylation sites (tertiary alicyclic amines) is 1. The van der Waals surface area contributed by atoms with E-state index in [1.165, 1.54) is 12.1 Å². The number of hydrogen-bond acceptors (Lipinski definition) is 2. The molecule has 3 nitrogen and oxygen atoms in total. The predicted molar refractivity (Wildman–Crippen MR) is 78.5 cm³/mol. The van der Waals surface area contributed by atoms with Gasteiger partial charge in [-0.2, -0.15) is 13.2 Å². The Bertz CT molecular complexity index is 613. The lowest BCUT2D eigenvalue weighted by molar-refractivity contribution is -0.139. The topological polar surface area (TPSA) is 40.5 Å². The third-order valence-corrected chi connectivity index (χ3v) is 5.40. The molecule has 1 N–H and O–H groups in total. The second kappa shape index (κ2) is 5.23. The summed E-state index contributed by atoms with van der Waals surface area (Å²) in [4.78, 5) is 13.9. The summed E-state index contributed by atoms with van der Waals surface area (Å²) in [6.45, 7) is 5.61. The van der Waals surface area contributed by atoms with Gasteiger partial charge in [-0.05, 0) is 28.9 Å². The van der Waals surface area contributed by atoms with Crippen molar-refractivity contribution in [3.8, 4) is 0 Å².